The van der Waals surface area contributed by atoms with E-state index in [9.17, 15) is 18.0 Å². The maximum atomic E-state index is 14.5. The minimum atomic E-state index is -4.14. The molecule has 0 unspecified atom stereocenters. The van der Waals surface area contributed by atoms with Crippen LogP contribution in [0.3, 0.4) is 0 Å². The monoisotopic (exact) mass is 631 g/mol. The van der Waals surface area contributed by atoms with E-state index in [0.29, 0.717) is 17.1 Å². The molecule has 4 aromatic rings. The number of benzene rings is 4. The van der Waals surface area contributed by atoms with Gasteiger partial charge in [0.25, 0.3) is 10.0 Å². The molecule has 0 saturated carbocycles. The van der Waals surface area contributed by atoms with Gasteiger partial charge in [0.2, 0.25) is 11.8 Å². The van der Waals surface area contributed by atoms with E-state index in [1.165, 1.54) is 17.0 Å². The zero-order valence-electron chi connectivity index (χ0n) is 25.2. The first-order chi connectivity index (χ1) is 21.1. The van der Waals surface area contributed by atoms with Crippen LogP contribution in [-0.4, -0.2) is 43.8 Å². The summed E-state index contributed by atoms with van der Waals surface area (Å²) in [4.78, 5) is 29.9. The summed E-state index contributed by atoms with van der Waals surface area (Å²) in [5.74, 6) is -0.820. The van der Waals surface area contributed by atoms with Gasteiger partial charge in [-0.05, 0) is 73.4 Å². The molecule has 2 atom stereocenters. The maximum absolute atomic E-state index is 14.5. The van der Waals surface area contributed by atoms with E-state index in [0.717, 1.165) is 21.0 Å². The van der Waals surface area contributed by atoms with Crippen LogP contribution in [0.15, 0.2) is 114 Å². The predicted octanol–water partition coefficient (Wildman–Crippen LogP) is 6.40. The third-order valence-electron chi connectivity index (χ3n) is 7.44. The summed E-state index contributed by atoms with van der Waals surface area (Å²) in [5.41, 5.74) is 2.83. The molecule has 0 saturated heterocycles. The van der Waals surface area contributed by atoms with E-state index in [-0.39, 0.29) is 29.8 Å². The number of halogens is 1. The van der Waals surface area contributed by atoms with Gasteiger partial charge in [-0.3, -0.25) is 13.9 Å². The molecule has 0 aromatic heterocycles. The van der Waals surface area contributed by atoms with Crippen molar-refractivity contribution in [2.45, 2.75) is 57.1 Å². The van der Waals surface area contributed by atoms with Crippen molar-refractivity contribution in [1.29, 1.82) is 0 Å². The molecular weight excluding hydrogens is 594 g/mol. The highest BCUT2D eigenvalue weighted by molar-refractivity contribution is 7.92. The topological polar surface area (TPSA) is 86.8 Å². The van der Waals surface area contributed by atoms with E-state index in [1.54, 1.807) is 60.7 Å². The summed E-state index contributed by atoms with van der Waals surface area (Å²) < 4.78 is 29.2. The molecule has 0 radical (unpaired) electrons. The minimum Gasteiger partial charge on any atom is -0.352 e. The van der Waals surface area contributed by atoms with Crippen LogP contribution in [0.5, 0.6) is 0 Å². The smallest absolute Gasteiger partial charge is 0.264 e. The number of nitrogens with zero attached hydrogens (tertiary/aromatic N) is 2. The molecule has 44 heavy (non-hydrogen) atoms. The number of carbonyl (C=O) groups is 2. The third-order valence-corrected chi connectivity index (χ3v) is 9.48. The van der Waals surface area contributed by atoms with Gasteiger partial charge in [-0.2, -0.15) is 0 Å². The third kappa shape index (κ3) is 8.49. The fourth-order valence-electron chi connectivity index (χ4n) is 4.81. The Morgan fingerprint density at radius 2 is 1.48 bits per heavy atom. The number of hydrogen-bond donors (Lipinski definition) is 1. The van der Waals surface area contributed by atoms with Gasteiger partial charge in [0.1, 0.15) is 12.6 Å². The second-order valence-electron chi connectivity index (χ2n) is 10.8. The van der Waals surface area contributed by atoms with Crippen molar-refractivity contribution in [1.82, 2.24) is 10.2 Å². The Morgan fingerprint density at radius 1 is 0.841 bits per heavy atom. The second kappa shape index (κ2) is 15.0. The Kier molecular flexibility index (Phi) is 11.2. The average molecular weight is 632 g/mol. The molecule has 0 aliphatic rings. The van der Waals surface area contributed by atoms with Crippen LogP contribution < -0.4 is 9.62 Å². The van der Waals surface area contributed by atoms with Gasteiger partial charge in [0.15, 0.2) is 0 Å². The Balaban J connectivity index is 1.80. The highest BCUT2D eigenvalue weighted by Crippen LogP contribution is 2.26. The maximum Gasteiger partial charge on any atom is 0.264 e. The summed E-state index contributed by atoms with van der Waals surface area (Å²) >= 11 is 6.14. The quantitative estimate of drug-likeness (QED) is 0.185. The molecule has 9 heteroatoms. The van der Waals surface area contributed by atoms with Crippen molar-refractivity contribution in [2.24, 2.45) is 0 Å². The molecule has 0 fully saturated rings. The SMILES string of the molecule is CC[C@@H](C)NC(=O)[C@H](Cc1ccccc1)N(Cc1ccc(Cl)cc1)C(=O)CN(c1cccc(C)c1)S(=O)(=O)c1ccccc1. The largest absolute Gasteiger partial charge is 0.352 e. The van der Waals surface area contributed by atoms with Crippen molar-refractivity contribution in [3.05, 3.63) is 131 Å². The number of anilines is 1. The normalized spacial score (nSPS) is 12.6. The van der Waals surface area contributed by atoms with E-state index in [4.69, 9.17) is 11.6 Å². The Morgan fingerprint density at radius 3 is 2.09 bits per heavy atom. The number of hydrogen-bond acceptors (Lipinski definition) is 4. The van der Waals surface area contributed by atoms with Gasteiger partial charge in [-0.15, -0.1) is 0 Å². The van der Waals surface area contributed by atoms with E-state index in [1.807, 2.05) is 57.2 Å². The number of amides is 2. The van der Waals surface area contributed by atoms with Crippen molar-refractivity contribution in [3.8, 4) is 0 Å². The lowest BCUT2D eigenvalue weighted by Crippen LogP contribution is -2.54. The van der Waals surface area contributed by atoms with Gasteiger partial charge >= 0.3 is 0 Å². The van der Waals surface area contributed by atoms with Gasteiger partial charge < -0.3 is 10.2 Å². The van der Waals surface area contributed by atoms with Gasteiger partial charge in [-0.1, -0.05) is 91.3 Å². The summed E-state index contributed by atoms with van der Waals surface area (Å²) in [6, 6.07) is 30.6. The van der Waals surface area contributed by atoms with Crippen molar-refractivity contribution in [2.75, 3.05) is 10.8 Å². The first-order valence-electron chi connectivity index (χ1n) is 14.6. The van der Waals surface area contributed by atoms with Crippen molar-refractivity contribution >= 4 is 39.1 Å². The molecule has 0 spiro atoms. The Labute approximate surface area is 265 Å². The average Bonchev–Trinajstić information content (AvgIpc) is 3.03. The summed E-state index contributed by atoms with van der Waals surface area (Å²) in [7, 11) is -4.14. The highest BCUT2D eigenvalue weighted by Gasteiger charge is 2.35. The van der Waals surface area contributed by atoms with E-state index in [2.05, 4.69) is 5.32 Å². The van der Waals surface area contributed by atoms with Crippen LogP contribution in [0, 0.1) is 6.92 Å². The first kappa shape index (κ1) is 32.8. The van der Waals surface area contributed by atoms with E-state index < -0.39 is 28.5 Å². The summed E-state index contributed by atoms with van der Waals surface area (Å²) in [5, 5.41) is 3.59. The number of aryl methyl sites for hydroxylation is 1. The Bertz CT molecular complexity index is 1650. The highest BCUT2D eigenvalue weighted by atomic mass is 35.5. The lowest BCUT2D eigenvalue weighted by Gasteiger charge is -2.34. The molecule has 0 aliphatic heterocycles. The second-order valence-corrected chi connectivity index (χ2v) is 13.1. The molecular formula is C35H38ClN3O4S. The van der Waals surface area contributed by atoms with Crippen LogP contribution in [0.4, 0.5) is 5.69 Å². The van der Waals surface area contributed by atoms with Crippen LogP contribution in [-0.2, 0) is 32.6 Å². The molecule has 4 aromatic carbocycles. The fraction of sp³-hybridized carbons (Fsp3) is 0.257. The first-order valence-corrected chi connectivity index (χ1v) is 16.4. The molecule has 4 rings (SSSR count). The van der Waals surface area contributed by atoms with Gasteiger partial charge in [0.05, 0.1) is 10.6 Å². The standard InChI is InChI=1S/C35H38ClN3O4S/c1-4-27(3)37-35(41)33(23-28-13-7-5-8-14-28)38(24-29-18-20-30(36)21-19-29)34(40)25-39(31-15-11-12-26(2)22-31)44(42,43)32-16-9-6-10-17-32/h5-22,27,33H,4,23-25H2,1-3H3,(H,37,41)/t27-,33+/m1/s1. The minimum absolute atomic E-state index is 0.0638. The molecule has 7 nitrogen and oxygen atoms in total. The van der Waals surface area contributed by atoms with Crippen LogP contribution in [0.1, 0.15) is 37.0 Å². The lowest BCUT2D eigenvalue weighted by atomic mass is 10.0. The van der Waals surface area contributed by atoms with Crippen molar-refractivity contribution < 1.29 is 18.0 Å². The molecule has 0 aliphatic carbocycles. The number of carbonyl (C=O) groups excluding carboxylic acids is 2. The zero-order chi connectivity index (χ0) is 31.7. The molecule has 0 bridgehead atoms. The van der Waals surface area contributed by atoms with Crippen molar-refractivity contribution in [3.63, 3.8) is 0 Å². The zero-order valence-corrected chi connectivity index (χ0v) is 26.8. The Hall–Kier alpha value is -4.14. The van der Waals surface area contributed by atoms with Crippen LogP contribution >= 0.6 is 11.6 Å². The lowest BCUT2D eigenvalue weighted by molar-refractivity contribution is -0.140. The van der Waals surface area contributed by atoms with Gasteiger partial charge in [0, 0.05) is 24.0 Å². The number of rotatable bonds is 13. The number of nitrogens with one attached hydrogen (secondary N) is 1. The molecule has 0 heterocycles. The fourth-order valence-corrected chi connectivity index (χ4v) is 6.37. The van der Waals surface area contributed by atoms with E-state index >= 15 is 0 Å². The molecule has 2 amide bonds. The predicted molar refractivity (Wildman–Crippen MR) is 176 cm³/mol. The van der Waals surface area contributed by atoms with Gasteiger partial charge in [-0.25, -0.2) is 8.42 Å². The summed E-state index contributed by atoms with van der Waals surface area (Å²) in [6.45, 7) is 5.32. The summed E-state index contributed by atoms with van der Waals surface area (Å²) in [6.07, 6.45) is 0.962. The van der Waals surface area contributed by atoms with Crippen LogP contribution in [0.25, 0.3) is 0 Å². The number of sulfonamides is 1. The van der Waals surface area contributed by atoms with Crippen LogP contribution in [0.2, 0.25) is 5.02 Å². The molecule has 230 valence electrons. The molecule has 1 N–H and O–H groups in total.